The molecule has 1 aromatic heterocycles. The summed E-state index contributed by atoms with van der Waals surface area (Å²) in [7, 11) is -1.20. The van der Waals surface area contributed by atoms with Crippen LogP contribution in [-0.2, 0) is 23.0 Å². The minimum absolute atomic E-state index is 0.141. The Bertz CT molecular complexity index is 1250. The minimum Gasteiger partial charge on any atom is -0.441 e. The normalized spacial score (nSPS) is 11.8. The number of hydrogen-bond donors (Lipinski definition) is 1. The molecule has 4 rings (SSSR count). The summed E-state index contributed by atoms with van der Waals surface area (Å²) in [5.41, 5.74) is 3.09. The molecule has 3 aromatic carbocycles. The van der Waals surface area contributed by atoms with E-state index in [1.54, 1.807) is 24.3 Å². The number of aryl methyl sites for hydroxylation is 1. The van der Waals surface area contributed by atoms with E-state index in [0.717, 1.165) is 22.4 Å². The first kappa shape index (κ1) is 23.0. The van der Waals surface area contributed by atoms with Gasteiger partial charge in [0.05, 0.1) is 22.2 Å². The summed E-state index contributed by atoms with van der Waals surface area (Å²) in [4.78, 5) is 17.7. The summed E-state index contributed by atoms with van der Waals surface area (Å²) in [5.74, 6) is 1.23. The highest BCUT2D eigenvalue weighted by Gasteiger charge is 2.15. The summed E-state index contributed by atoms with van der Waals surface area (Å²) in [6.07, 6.45) is 0.726. The Morgan fingerprint density at radius 3 is 2.39 bits per heavy atom. The van der Waals surface area contributed by atoms with Crippen LogP contribution in [-0.4, -0.2) is 21.6 Å². The van der Waals surface area contributed by atoms with Gasteiger partial charge in [-0.25, -0.2) is 4.98 Å². The number of halogens is 1. The summed E-state index contributed by atoms with van der Waals surface area (Å²) in [5, 5.41) is 3.62. The van der Waals surface area contributed by atoms with Gasteiger partial charge in [-0.15, -0.1) is 0 Å². The van der Waals surface area contributed by atoms with Crippen molar-refractivity contribution in [3.63, 3.8) is 0 Å². The smallest absolute Gasteiger partial charge is 0.251 e. The van der Waals surface area contributed by atoms with Gasteiger partial charge in [-0.3, -0.25) is 9.00 Å². The van der Waals surface area contributed by atoms with E-state index < -0.39 is 10.8 Å². The van der Waals surface area contributed by atoms with Crippen molar-refractivity contribution in [3.8, 4) is 11.5 Å². The average Bonchev–Trinajstić information content (AvgIpc) is 3.21. The van der Waals surface area contributed by atoms with Crippen molar-refractivity contribution in [1.82, 2.24) is 10.3 Å². The fourth-order valence-electron chi connectivity index (χ4n) is 3.30. The quantitative estimate of drug-likeness (QED) is 0.358. The van der Waals surface area contributed by atoms with Crippen LogP contribution in [0.3, 0.4) is 0 Å². The van der Waals surface area contributed by atoms with E-state index in [9.17, 15) is 9.00 Å². The molecular formula is C26H23ClN2O3S. The van der Waals surface area contributed by atoms with Crippen molar-refractivity contribution in [2.75, 3.05) is 6.54 Å². The van der Waals surface area contributed by atoms with Gasteiger partial charge in [0.1, 0.15) is 5.76 Å². The molecule has 1 heterocycles. The molecule has 0 unspecified atom stereocenters. The van der Waals surface area contributed by atoms with Crippen LogP contribution >= 0.6 is 11.6 Å². The van der Waals surface area contributed by atoms with Crippen molar-refractivity contribution in [3.05, 3.63) is 106 Å². The van der Waals surface area contributed by atoms with Gasteiger partial charge >= 0.3 is 0 Å². The highest BCUT2D eigenvalue weighted by atomic mass is 35.5. The Kier molecular flexibility index (Phi) is 7.37. The van der Waals surface area contributed by atoms with Gasteiger partial charge in [0.2, 0.25) is 5.89 Å². The van der Waals surface area contributed by atoms with Gasteiger partial charge in [-0.05, 0) is 67.4 Å². The molecule has 168 valence electrons. The maximum atomic E-state index is 12.6. The maximum absolute atomic E-state index is 12.6. The molecule has 1 amide bonds. The number of oxazole rings is 1. The van der Waals surface area contributed by atoms with E-state index in [4.69, 9.17) is 16.0 Å². The lowest BCUT2D eigenvalue weighted by atomic mass is 10.1. The van der Waals surface area contributed by atoms with Crippen LogP contribution in [0.4, 0.5) is 0 Å². The van der Waals surface area contributed by atoms with Crippen LogP contribution in [0.5, 0.6) is 0 Å². The molecule has 0 saturated carbocycles. The predicted molar refractivity (Wildman–Crippen MR) is 131 cm³/mol. The Morgan fingerprint density at radius 1 is 1.00 bits per heavy atom. The van der Waals surface area contributed by atoms with E-state index in [1.165, 1.54) is 0 Å². The fourth-order valence-corrected chi connectivity index (χ4v) is 4.57. The third kappa shape index (κ3) is 5.97. The lowest BCUT2D eigenvalue weighted by Crippen LogP contribution is -2.25. The van der Waals surface area contributed by atoms with Crippen LogP contribution in [0.15, 0.2) is 88.2 Å². The highest BCUT2D eigenvalue weighted by molar-refractivity contribution is 7.84. The Labute approximate surface area is 200 Å². The first-order valence-corrected chi connectivity index (χ1v) is 12.2. The molecule has 0 radical (unpaired) electrons. The molecule has 0 aliphatic rings. The van der Waals surface area contributed by atoms with Crippen molar-refractivity contribution in [2.24, 2.45) is 0 Å². The first-order valence-electron chi connectivity index (χ1n) is 10.5. The number of rotatable bonds is 8. The Morgan fingerprint density at radius 2 is 1.70 bits per heavy atom. The minimum atomic E-state index is -1.20. The molecule has 1 N–H and O–H groups in total. The van der Waals surface area contributed by atoms with Crippen molar-refractivity contribution in [2.45, 2.75) is 24.0 Å². The zero-order chi connectivity index (χ0) is 23.2. The average molecular weight is 479 g/mol. The number of nitrogens with zero attached hydrogens (tertiary/aromatic N) is 1. The zero-order valence-corrected chi connectivity index (χ0v) is 19.7. The number of benzene rings is 3. The second-order valence-electron chi connectivity index (χ2n) is 7.53. The van der Waals surface area contributed by atoms with Gasteiger partial charge in [0.15, 0.2) is 0 Å². The first-order chi connectivity index (χ1) is 16.0. The summed E-state index contributed by atoms with van der Waals surface area (Å²) >= 11 is 5.90. The topological polar surface area (TPSA) is 72.2 Å². The summed E-state index contributed by atoms with van der Waals surface area (Å²) in [6.45, 7) is 2.35. The molecule has 7 heteroatoms. The van der Waals surface area contributed by atoms with Crippen LogP contribution in [0.25, 0.3) is 11.5 Å². The number of hydrogen-bond acceptors (Lipinski definition) is 4. The molecular weight excluding hydrogens is 456 g/mol. The number of aromatic nitrogens is 1. The molecule has 0 saturated heterocycles. The van der Waals surface area contributed by atoms with Gasteiger partial charge in [0, 0.05) is 27.6 Å². The monoisotopic (exact) mass is 478 g/mol. The van der Waals surface area contributed by atoms with Crippen LogP contribution in [0.2, 0.25) is 5.02 Å². The molecule has 0 aliphatic heterocycles. The zero-order valence-electron chi connectivity index (χ0n) is 18.1. The van der Waals surface area contributed by atoms with E-state index in [2.05, 4.69) is 10.3 Å². The van der Waals surface area contributed by atoms with E-state index in [-0.39, 0.29) is 11.7 Å². The van der Waals surface area contributed by atoms with Gasteiger partial charge in [-0.2, -0.15) is 0 Å². The van der Waals surface area contributed by atoms with Crippen LogP contribution < -0.4 is 5.32 Å². The standard InChI is InChI=1S/C26H23ClN2O3S/c1-18-24(17-33(31)23-5-3-2-4-6-23)29-26(32-18)21-11-9-20(10-12-21)25(30)28-16-15-19-7-13-22(27)14-8-19/h2-14H,15-17H2,1H3,(H,28,30)/t33-/m0/s1. The number of amides is 1. The third-order valence-electron chi connectivity index (χ3n) is 5.17. The van der Waals surface area contributed by atoms with E-state index >= 15 is 0 Å². The molecule has 5 nitrogen and oxygen atoms in total. The summed E-state index contributed by atoms with van der Waals surface area (Å²) in [6, 6.07) is 24.0. The molecule has 1 atom stereocenters. The largest absolute Gasteiger partial charge is 0.441 e. The van der Waals surface area contributed by atoms with Gasteiger partial charge in [0.25, 0.3) is 5.91 Å². The lowest BCUT2D eigenvalue weighted by molar-refractivity contribution is 0.0954. The van der Waals surface area contributed by atoms with E-state index in [1.807, 2.05) is 61.5 Å². The SMILES string of the molecule is Cc1oc(-c2ccc(C(=O)NCCc3ccc(Cl)cc3)cc2)nc1C[S@](=O)c1ccccc1. The highest BCUT2D eigenvalue weighted by Crippen LogP contribution is 2.24. The predicted octanol–water partition coefficient (Wildman–Crippen LogP) is 5.58. The summed E-state index contributed by atoms with van der Waals surface area (Å²) < 4.78 is 18.4. The lowest BCUT2D eigenvalue weighted by Gasteiger charge is -2.06. The van der Waals surface area contributed by atoms with Crippen molar-refractivity contribution in [1.29, 1.82) is 0 Å². The van der Waals surface area contributed by atoms with E-state index in [0.29, 0.717) is 34.5 Å². The number of carbonyl (C=O) groups is 1. The third-order valence-corrected chi connectivity index (χ3v) is 6.76. The number of nitrogens with one attached hydrogen (secondary N) is 1. The second-order valence-corrected chi connectivity index (χ2v) is 9.42. The van der Waals surface area contributed by atoms with Crippen molar-refractivity contribution < 1.29 is 13.4 Å². The molecule has 4 aromatic rings. The molecule has 0 bridgehead atoms. The fraction of sp³-hybridized carbons (Fsp3) is 0.154. The Balaban J connectivity index is 1.36. The van der Waals surface area contributed by atoms with Crippen molar-refractivity contribution >= 4 is 28.3 Å². The van der Waals surface area contributed by atoms with Crippen LogP contribution in [0, 0.1) is 6.92 Å². The maximum Gasteiger partial charge on any atom is 0.251 e. The molecule has 0 aliphatic carbocycles. The number of carbonyl (C=O) groups excluding carboxylic acids is 1. The molecule has 0 spiro atoms. The van der Waals surface area contributed by atoms with Crippen LogP contribution in [0.1, 0.15) is 27.4 Å². The van der Waals surface area contributed by atoms with Gasteiger partial charge in [-0.1, -0.05) is 41.9 Å². The second kappa shape index (κ2) is 10.6. The molecule has 33 heavy (non-hydrogen) atoms. The Hall–Kier alpha value is -3.22. The molecule has 0 fully saturated rings. The van der Waals surface area contributed by atoms with Gasteiger partial charge < -0.3 is 9.73 Å².